The molecule has 0 atom stereocenters. The molecular weight excluding hydrogens is 308 g/mol. The number of esters is 1. The predicted molar refractivity (Wildman–Crippen MR) is 77.3 cm³/mol. The number of ether oxygens (including phenoxy) is 1. The van der Waals surface area contributed by atoms with Gasteiger partial charge in [-0.1, -0.05) is 28.8 Å². The Bertz CT molecular complexity index is 462. The summed E-state index contributed by atoms with van der Waals surface area (Å²) in [5, 5.41) is 9.80. The van der Waals surface area contributed by atoms with E-state index in [2.05, 4.69) is 15.9 Å². The van der Waals surface area contributed by atoms with Gasteiger partial charge < -0.3 is 9.84 Å². The van der Waals surface area contributed by atoms with E-state index >= 15 is 0 Å². The second-order valence-electron chi connectivity index (χ2n) is 5.42. The fraction of sp³-hybridized carbons (Fsp3) is 0.533. The monoisotopic (exact) mass is 326 g/mol. The van der Waals surface area contributed by atoms with Gasteiger partial charge in [0.1, 0.15) is 16.9 Å². The first-order chi connectivity index (χ1) is 9.00. The van der Waals surface area contributed by atoms with E-state index in [-0.39, 0.29) is 11.3 Å². The molecule has 19 heavy (non-hydrogen) atoms. The Kier molecular flexibility index (Phi) is 4.50. The van der Waals surface area contributed by atoms with Crippen LogP contribution in [0.25, 0.3) is 0 Å². The Labute approximate surface area is 122 Å². The van der Waals surface area contributed by atoms with Gasteiger partial charge in [-0.2, -0.15) is 0 Å². The number of halogens is 1. The number of aromatic hydroxyl groups is 1. The van der Waals surface area contributed by atoms with E-state index in [9.17, 15) is 9.90 Å². The second-order valence-corrected chi connectivity index (χ2v) is 6.33. The Balaban J connectivity index is 2.11. The van der Waals surface area contributed by atoms with Crippen molar-refractivity contribution in [2.75, 3.05) is 0 Å². The van der Waals surface area contributed by atoms with Gasteiger partial charge in [0, 0.05) is 4.47 Å². The lowest BCUT2D eigenvalue weighted by Crippen LogP contribution is -2.31. The summed E-state index contributed by atoms with van der Waals surface area (Å²) in [4.78, 5) is 12.2. The highest BCUT2D eigenvalue weighted by Crippen LogP contribution is 2.32. The maximum atomic E-state index is 12.2. The van der Waals surface area contributed by atoms with Crippen LogP contribution in [0.5, 0.6) is 5.75 Å². The van der Waals surface area contributed by atoms with Crippen molar-refractivity contribution in [1.29, 1.82) is 0 Å². The summed E-state index contributed by atoms with van der Waals surface area (Å²) < 4.78 is 6.39. The summed E-state index contributed by atoms with van der Waals surface area (Å²) in [6.45, 7) is 1.99. The number of hydrogen-bond donors (Lipinski definition) is 1. The molecule has 0 heterocycles. The summed E-state index contributed by atoms with van der Waals surface area (Å²) in [7, 11) is 0. The third kappa shape index (κ3) is 3.72. The summed E-state index contributed by atoms with van der Waals surface area (Å²) in [5.74, 6) is -0.481. The van der Waals surface area contributed by atoms with E-state index in [1.807, 2.05) is 6.92 Å². The van der Waals surface area contributed by atoms with Gasteiger partial charge in [0.15, 0.2) is 0 Å². The molecule has 1 aliphatic carbocycles. The molecule has 0 spiro atoms. The molecular formula is C15H19BrO3. The molecule has 0 aliphatic heterocycles. The number of hydrogen-bond acceptors (Lipinski definition) is 3. The summed E-state index contributed by atoms with van der Waals surface area (Å²) in [6, 6.07) is 4.82. The van der Waals surface area contributed by atoms with E-state index < -0.39 is 11.6 Å². The third-order valence-electron chi connectivity index (χ3n) is 3.68. The topological polar surface area (TPSA) is 46.5 Å². The minimum Gasteiger partial charge on any atom is -0.507 e. The third-order valence-corrected chi connectivity index (χ3v) is 4.17. The van der Waals surface area contributed by atoms with Crippen LogP contribution in [0.4, 0.5) is 0 Å². The van der Waals surface area contributed by atoms with Crippen molar-refractivity contribution >= 4 is 21.9 Å². The summed E-state index contributed by atoms with van der Waals surface area (Å²) in [6.07, 6.45) is 6.39. The molecule has 4 heteroatoms. The van der Waals surface area contributed by atoms with Crippen molar-refractivity contribution in [3.05, 3.63) is 28.2 Å². The minimum atomic E-state index is -0.436. The summed E-state index contributed by atoms with van der Waals surface area (Å²) >= 11 is 3.25. The van der Waals surface area contributed by atoms with Crippen molar-refractivity contribution < 1.29 is 14.6 Å². The normalized spacial score (nSPS) is 18.6. The molecule has 1 aromatic carbocycles. The highest BCUT2D eigenvalue weighted by molar-refractivity contribution is 9.10. The largest absolute Gasteiger partial charge is 0.507 e. The molecule has 1 fully saturated rings. The molecule has 0 bridgehead atoms. The van der Waals surface area contributed by atoms with Crippen LogP contribution in [0.15, 0.2) is 22.7 Å². The highest BCUT2D eigenvalue weighted by atomic mass is 79.9. The van der Waals surface area contributed by atoms with Crippen molar-refractivity contribution in [3.8, 4) is 5.75 Å². The van der Waals surface area contributed by atoms with Gasteiger partial charge in [0.25, 0.3) is 0 Å². The number of benzene rings is 1. The first-order valence-electron chi connectivity index (χ1n) is 6.72. The molecule has 0 amide bonds. The standard InChI is InChI=1S/C15H19BrO3/c1-15(8-4-2-3-5-9-15)19-14(18)12-7-6-11(16)10-13(12)17/h6-7,10,17H,2-5,8-9H2,1H3. The molecule has 1 saturated carbocycles. The lowest BCUT2D eigenvalue weighted by molar-refractivity contribution is -0.0167. The Morgan fingerprint density at radius 3 is 2.47 bits per heavy atom. The van der Waals surface area contributed by atoms with Gasteiger partial charge in [-0.15, -0.1) is 0 Å². The predicted octanol–water partition coefficient (Wildman–Crippen LogP) is 4.42. The molecule has 2 rings (SSSR count). The first kappa shape index (κ1) is 14.4. The molecule has 0 radical (unpaired) electrons. The fourth-order valence-electron chi connectivity index (χ4n) is 2.53. The van der Waals surface area contributed by atoms with Gasteiger partial charge >= 0.3 is 5.97 Å². The van der Waals surface area contributed by atoms with Crippen LogP contribution in [0.1, 0.15) is 55.8 Å². The van der Waals surface area contributed by atoms with Gasteiger partial charge in [0.2, 0.25) is 0 Å². The minimum absolute atomic E-state index is 0.0448. The Hall–Kier alpha value is -1.03. The van der Waals surface area contributed by atoms with Gasteiger partial charge in [0.05, 0.1) is 0 Å². The molecule has 0 aromatic heterocycles. The lowest BCUT2D eigenvalue weighted by atomic mass is 9.96. The SMILES string of the molecule is CC1(OC(=O)c2ccc(Br)cc2O)CCCCCC1. The lowest BCUT2D eigenvalue weighted by Gasteiger charge is -2.28. The molecule has 3 nitrogen and oxygen atoms in total. The number of phenols is 1. The van der Waals surface area contributed by atoms with E-state index in [0.717, 1.165) is 30.2 Å². The van der Waals surface area contributed by atoms with Crippen LogP contribution in [0.2, 0.25) is 0 Å². The first-order valence-corrected chi connectivity index (χ1v) is 7.51. The molecule has 1 aliphatic rings. The second kappa shape index (κ2) is 5.95. The quantitative estimate of drug-likeness (QED) is 0.646. The fourth-order valence-corrected chi connectivity index (χ4v) is 2.88. The van der Waals surface area contributed by atoms with Crippen molar-refractivity contribution in [3.63, 3.8) is 0 Å². The van der Waals surface area contributed by atoms with Gasteiger partial charge in [-0.05, 0) is 50.8 Å². The number of carbonyl (C=O) groups is 1. The Morgan fingerprint density at radius 2 is 1.89 bits per heavy atom. The zero-order valence-corrected chi connectivity index (χ0v) is 12.7. The summed E-state index contributed by atoms with van der Waals surface area (Å²) in [5.41, 5.74) is -0.165. The number of carbonyl (C=O) groups excluding carboxylic acids is 1. The zero-order valence-electron chi connectivity index (χ0n) is 11.1. The van der Waals surface area contributed by atoms with Crippen LogP contribution < -0.4 is 0 Å². The van der Waals surface area contributed by atoms with E-state index in [0.29, 0.717) is 0 Å². The molecule has 1 N–H and O–H groups in total. The number of phenolic OH excluding ortho intramolecular Hbond substituents is 1. The molecule has 104 valence electrons. The van der Waals surface area contributed by atoms with Crippen LogP contribution in [-0.2, 0) is 4.74 Å². The average molecular weight is 327 g/mol. The van der Waals surface area contributed by atoms with Gasteiger partial charge in [-0.25, -0.2) is 4.79 Å². The van der Waals surface area contributed by atoms with E-state index in [4.69, 9.17) is 4.74 Å². The number of rotatable bonds is 2. The molecule has 0 saturated heterocycles. The maximum absolute atomic E-state index is 12.2. The highest BCUT2D eigenvalue weighted by Gasteiger charge is 2.30. The Morgan fingerprint density at radius 1 is 1.26 bits per heavy atom. The van der Waals surface area contributed by atoms with Gasteiger partial charge in [-0.3, -0.25) is 0 Å². The van der Waals surface area contributed by atoms with E-state index in [1.54, 1.807) is 12.1 Å². The zero-order chi connectivity index (χ0) is 13.9. The maximum Gasteiger partial charge on any atom is 0.342 e. The smallest absolute Gasteiger partial charge is 0.342 e. The van der Waals surface area contributed by atoms with Crippen molar-refractivity contribution in [2.45, 2.75) is 51.0 Å². The van der Waals surface area contributed by atoms with Crippen LogP contribution in [-0.4, -0.2) is 16.7 Å². The van der Waals surface area contributed by atoms with E-state index in [1.165, 1.54) is 18.9 Å². The average Bonchev–Trinajstić information content (AvgIpc) is 2.53. The molecule has 1 aromatic rings. The van der Waals surface area contributed by atoms with Crippen LogP contribution in [0.3, 0.4) is 0 Å². The van der Waals surface area contributed by atoms with Crippen molar-refractivity contribution in [2.24, 2.45) is 0 Å². The van der Waals surface area contributed by atoms with Crippen molar-refractivity contribution in [1.82, 2.24) is 0 Å². The van der Waals surface area contributed by atoms with Crippen LogP contribution >= 0.6 is 15.9 Å². The van der Waals surface area contributed by atoms with Crippen LogP contribution in [0, 0.1) is 0 Å². The molecule has 0 unspecified atom stereocenters.